The van der Waals surface area contributed by atoms with Crippen molar-refractivity contribution in [2.45, 2.75) is 19.9 Å². The Balaban J connectivity index is 1.51. The Kier molecular flexibility index (Phi) is 5.26. The van der Waals surface area contributed by atoms with Gasteiger partial charge in [0.05, 0.1) is 18.2 Å². The number of nitrogens with one attached hydrogen (secondary N) is 1. The van der Waals surface area contributed by atoms with Crippen LogP contribution in [0.2, 0.25) is 0 Å². The molecule has 7 nitrogen and oxygen atoms in total. The summed E-state index contributed by atoms with van der Waals surface area (Å²) in [5.74, 6) is -0.164. The topological polar surface area (TPSA) is 81.8 Å². The summed E-state index contributed by atoms with van der Waals surface area (Å²) in [5, 5.41) is 7.59. The van der Waals surface area contributed by atoms with Crippen LogP contribution in [0.5, 0.6) is 0 Å². The summed E-state index contributed by atoms with van der Waals surface area (Å²) in [6.45, 7) is 2.16. The molecule has 0 aliphatic heterocycles. The highest BCUT2D eigenvalue weighted by Gasteiger charge is 2.12. The van der Waals surface area contributed by atoms with E-state index in [-0.39, 0.29) is 24.4 Å². The first-order valence-corrected chi connectivity index (χ1v) is 9.87. The zero-order valence-corrected chi connectivity index (χ0v) is 17.3. The number of carbonyl (C=O) groups is 1. The van der Waals surface area contributed by atoms with Gasteiger partial charge in [-0.15, -0.1) is 0 Å². The lowest BCUT2D eigenvalue weighted by molar-refractivity contribution is -0.116. The Morgan fingerprint density at radius 2 is 1.97 bits per heavy atom. The van der Waals surface area contributed by atoms with E-state index in [1.165, 1.54) is 17.1 Å². The van der Waals surface area contributed by atoms with Gasteiger partial charge in [0.15, 0.2) is 5.65 Å². The number of benzene rings is 2. The third-order valence-electron chi connectivity index (χ3n) is 4.60. The number of nitrogens with zero attached hydrogens (tertiary/aromatic N) is 4. The number of rotatable bonds is 5. The van der Waals surface area contributed by atoms with Gasteiger partial charge in [0.1, 0.15) is 5.39 Å². The number of anilines is 1. The second kappa shape index (κ2) is 8.00. The third kappa shape index (κ3) is 3.97. The van der Waals surface area contributed by atoms with Crippen LogP contribution in [-0.4, -0.2) is 25.2 Å². The van der Waals surface area contributed by atoms with Crippen molar-refractivity contribution < 1.29 is 4.79 Å². The van der Waals surface area contributed by atoms with Gasteiger partial charge in [-0.25, -0.2) is 9.67 Å². The van der Waals surface area contributed by atoms with Crippen molar-refractivity contribution in [2.24, 2.45) is 0 Å². The average molecular weight is 452 g/mol. The second-order valence-corrected chi connectivity index (χ2v) is 7.55. The Hall–Kier alpha value is -3.26. The molecule has 4 aromatic rings. The fraction of sp³-hybridized carbons (Fsp3) is 0.143. The summed E-state index contributed by atoms with van der Waals surface area (Å²) >= 11 is 3.40. The summed E-state index contributed by atoms with van der Waals surface area (Å²) in [4.78, 5) is 29.5. The fourth-order valence-electron chi connectivity index (χ4n) is 3.07. The first-order valence-electron chi connectivity index (χ1n) is 9.07. The lowest BCUT2D eigenvalue weighted by Gasteiger charge is -2.10. The number of hydrogen-bond donors (Lipinski definition) is 1. The van der Waals surface area contributed by atoms with E-state index >= 15 is 0 Å². The van der Waals surface area contributed by atoms with Crippen LogP contribution in [0.1, 0.15) is 12.0 Å². The standard InChI is InChI=1S/C21H18BrN5O2/c1-14-11-15(22)7-8-18(14)25-19(28)9-10-26-13-23-20-17(21(26)29)12-24-27(20)16-5-3-2-4-6-16/h2-8,11-13H,9-10H2,1H3,(H,25,28). The van der Waals surface area contributed by atoms with Crippen molar-refractivity contribution >= 4 is 38.6 Å². The molecule has 0 bridgehead atoms. The van der Waals surface area contributed by atoms with Crippen molar-refractivity contribution in [2.75, 3.05) is 5.32 Å². The molecule has 1 amide bonds. The maximum absolute atomic E-state index is 12.8. The van der Waals surface area contributed by atoms with Crippen LogP contribution in [0.3, 0.4) is 0 Å². The van der Waals surface area contributed by atoms with Crippen LogP contribution >= 0.6 is 15.9 Å². The predicted molar refractivity (Wildman–Crippen MR) is 115 cm³/mol. The van der Waals surface area contributed by atoms with Gasteiger partial charge < -0.3 is 5.32 Å². The van der Waals surface area contributed by atoms with Gasteiger partial charge in [-0.3, -0.25) is 14.2 Å². The van der Waals surface area contributed by atoms with E-state index in [0.29, 0.717) is 11.0 Å². The minimum atomic E-state index is -0.218. The van der Waals surface area contributed by atoms with Gasteiger partial charge in [0.25, 0.3) is 5.56 Å². The highest BCUT2D eigenvalue weighted by atomic mass is 79.9. The Morgan fingerprint density at radius 3 is 2.72 bits per heavy atom. The molecule has 2 aromatic carbocycles. The largest absolute Gasteiger partial charge is 0.326 e. The van der Waals surface area contributed by atoms with Gasteiger partial charge in [-0.2, -0.15) is 5.10 Å². The van der Waals surface area contributed by atoms with Crippen molar-refractivity contribution in [3.05, 3.63) is 81.4 Å². The van der Waals surface area contributed by atoms with Crippen LogP contribution in [0, 0.1) is 6.92 Å². The molecule has 0 saturated heterocycles. The minimum absolute atomic E-state index is 0.162. The number of para-hydroxylation sites is 1. The molecule has 0 unspecified atom stereocenters. The maximum Gasteiger partial charge on any atom is 0.264 e. The molecule has 0 saturated carbocycles. The van der Waals surface area contributed by atoms with E-state index in [2.05, 4.69) is 31.3 Å². The molecule has 0 aliphatic carbocycles. The van der Waals surface area contributed by atoms with Crippen molar-refractivity contribution in [1.82, 2.24) is 19.3 Å². The molecule has 0 fully saturated rings. The molecular formula is C21H18BrN5O2. The van der Waals surface area contributed by atoms with E-state index in [1.54, 1.807) is 4.68 Å². The van der Waals surface area contributed by atoms with E-state index in [4.69, 9.17) is 0 Å². The molecule has 0 radical (unpaired) electrons. The monoisotopic (exact) mass is 451 g/mol. The second-order valence-electron chi connectivity index (χ2n) is 6.63. The number of hydrogen-bond acceptors (Lipinski definition) is 4. The summed E-state index contributed by atoms with van der Waals surface area (Å²) < 4.78 is 4.02. The number of halogens is 1. The SMILES string of the molecule is Cc1cc(Br)ccc1NC(=O)CCn1cnc2c(cnn2-c2ccccc2)c1=O. The predicted octanol–water partition coefficient (Wildman–Crippen LogP) is 3.68. The molecule has 29 heavy (non-hydrogen) atoms. The van der Waals surface area contributed by atoms with Gasteiger partial charge >= 0.3 is 0 Å². The molecule has 2 aromatic heterocycles. The number of amides is 1. The number of aromatic nitrogens is 4. The number of carbonyl (C=O) groups excluding carboxylic acids is 1. The Morgan fingerprint density at radius 1 is 1.17 bits per heavy atom. The van der Waals surface area contributed by atoms with Gasteiger partial charge in [0, 0.05) is 23.1 Å². The van der Waals surface area contributed by atoms with Crippen LogP contribution in [-0.2, 0) is 11.3 Å². The maximum atomic E-state index is 12.8. The molecule has 146 valence electrons. The highest BCUT2D eigenvalue weighted by Crippen LogP contribution is 2.20. The fourth-order valence-corrected chi connectivity index (χ4v) is 3.54. The normalized spacial score (nSPS) is 11.0. The summed E-state index contributed by atoms with van der Waals surface area (Å²) in [6.07, 6.45) is 3.14. The molecule has 2 heterocycles. The van der Waals surface area contributed by atoms with E-state index in [9.17, 15) is 9.59 Å². The molecule has 1 N–H and O–H groups in total. The summed E-state index contributed by atoms with van der Waals surface area (Å²) in [6, 6.07) is 15.1. The number of aryl methyl sites for hydroxylation is 2. The molecule has 4 rings (SSSR count). The first kappa shape index (κ1) is 19.1. The molecule has 8 heteroatoms. The van der Waals surface area contributed by atoms with Crippen LogP contribution in [0.4, 0.5) is 5.69 Å². The zero-order valence-electron chi connectivity index (χ0n) is 15.7. The van der Waals surface area contributed by atoms with E-state index in [1.807, 2.05) is 55.5 Å². The van der Waals surface area contributed by atoms with Crippen molar-refractivity contribution in [3.8, 4) is 5.69 Å². The van der Waals surface area contributed by atoms with Crippen LogP contribution < -0.4 is 10.9 Å². The van der Waals surface area contributed by atoms with Gasteiger partial charge in [-0.05, 0) is 42.8 Å². The van der Waals surface area contributed by atoms with Gasteiger partial charge in [0.2, 0.25) is 5.91 Å². The Labute approximate surface area is 175 Å². The van der Waals surface area contributed by atoms with E-state index < -0.39 is 0 Å². The van der Waals surface area contributed by atoms with Crippen molar-refractivity contribution in [1.29, 1.82) is 0 Å². The molecular weight excluding hydrogens is 434 g/mol. The summed E-state index contributed by atoms with van der Waals surface area (Å²) in [7, 11) is 0. The van der Waals surface area contributed by atoms with E-state index in [0.717, 1.165) is 21.4 Å². The number of fused-ring (bicyclic) bond motifs is 1. The van der Waals surface area contributed by atoms with Gasteiger partial charge in [-0.1, -0.05) is 34.1 Å². The summed E-state index contributed by atoms with van der Waals surface area (Å²) in [5.41, 5.74) is 2.82. The third-order valence-corrected chi connectivity index (χ3v) is 5.09. The van der Waals surface area contributed by atoms with Crippen LogP contribution in [0.25, 0.3) is 16.7 Å². The smallest absolute Gasteiger partial charge is 0.264 e. The zero-order chi connectivity index (χ0) is 20.4. The highest BCUT2D eigenvalue weighted by molar-refractivity contribution is 9.10. The van der Waals surface area contributed by atoms with Crippen LogP contribution in [0.15, 0.2) is 70.3 Å². The molecule has 0 spiro atoms. The quantitative estimate of drug-likeness (QED) is 0.501. The lowest BCUT2D eigenvalue weighted by atomic mass is 10.2. The lowest BCUT2D eigenvalue weighted by Crippen LogP contribution is -2.23. The minimum Gasteiger partial charge on any atom is -0.326 e. The van der Waals surface area contributed by atoms with Crippen molar-refractivity contribution in [3.63, 3.8) is 0 Å². The first-order chi connectivity index (χ1) is 14.0. The molecule has 0 aliphatic rings. The molecule has 0 atom stereocenters. The average Bonchev–Trinajstić information content (AvgIpc) is 3.15. The Bertz CT molecular complexity index is 1250.